The van der Waals surface area contributed by atoms with Crippen molar-refractivity contribution in [2.75, 3.05) is 27.4 Å². The first-order chi connectivity index (χ1) is 62.3. The van der Waals surface area contributed by atoms with E-state index in [0.29, 0.717) is 94.3 Å². The number of carboxylic acid groups (broad SMARTS) is 4. The number of nitrogens with zero attached hydrogens (tertiary/aromatic N) is 4. The van der Waals surface area contributed by atoms with Crippen LogP contribution in [0.4, 0.5) is 8.78 Å². The molecule has 6 bridgehead atoms. The summed E-state index contributed by atoms with van der Waals surface area (Å²) in [4.78, 5) is 106. The number of alkyl halides is 2. The first kappa shape index (κ1) is 101. The average molecular weight is 1930 g/mol. The summed E-state index contributed by atoms with van der Waals surface area (Å²) in [5.41, 5.74) is 7.95. The number of benzene rings is 4. The molecule has 134 heavy (non-hydrogen) atoms. The number of carboxylic acids is 4. The van der Waals surface area contributed by atoms with Crippen molar-refractivity contribution < 1.29 is 81.8 Å². The van der Waals surface area contributed by atoms with E-state index >= 15 is 0 Å². The van der Waals surface area contributed by atoms with E-state index in [1.54, 1.807) is 30.2 Å². The predicted molar refractivity (Wildman–Crippen MR) is 516 cm³/mol. The summed E-state index contributed by atoms with van der Waals surface area (Å²) in [7, 11) is 3.47. The Morgan fingerprint density at radius 1 is 0.433 bits per heavy atom. The highest BCUT2D eigenvalue weighted by molar-refractivity contribution is 6.32. The van der Waals surface area contributed by atoms with E-state index in [4.69, 9.17) is 65.7 Å². The minimum absolute atomic E-state index is 0.0335. The smallest absolute Gasteiger partial charge is 0.309 e. The van der Waals surface area contributed by atoms with Crippen molar-refractivity contribution in [1.29, 1.82) is 0 Å². The highest BCUT2D eigenvalue weighted by atomic mass is 35.5. The minimum Gasteiger partial charge on any atom is -0.481 e. The van der Waals surface area contributed by atoms with E-state index in [1.165, 1.54) is 11.1 Å². The zero-order valence-electron chi connectivity index (χ0n) is 81.6. The molecule has 1 saturated heterocycles. The van der Waals surface area contributed by atoms with Crippen molar-refractivity contribution in [3.05, 3.63) is 184 Å². The van der Waals surface area contributed by atoms with Crippen LogP contribution in [0.3, 0.4) is 0 Å². The highest BCUT2D eigenvalue weighted by Gasteiger charge is 2.78. The fourth-order valence-electron chi connectivity index (χ4n) is 25.0. The Morgan fingerprint density at radius 3 is 1.07 bits per heavy atom. The maximum atomic E-state index is 14.6. The quantitative estimate of drug-likeness (QED) is 0.0538. The van der Waals surface area contributed by atoms with Crippen LogP contribution in [0.5, 0.6) is 0 Å². The number of rotatable bonds is 23. The topological polar surface area (TPSA) is 258 Å². The molecule has 0 radical (unpaired) electrons. The van der Waals surface area contributed by atoms with Gasteiger partial charge in [-0.1, -0.05) is 185 Å². The summed E-state index contributed by atoms with van der Waals surface area (Å²) in [5.74, 6) is -5.90. The summed E-state index contributed by atoms with van der Waals surface area (Å²) < 4.78 is 46.9. The zero-order valence-corrected chi connectivity index (χ0v) is 84.7. The molecule has 728 valence electrons. The summed E-state index contributed by atoms with van der Waals surface area (Å²) in [6.07, 6.45) is 25.8. The van der Waals surface area contributed by atoms with Crippen LogP contribution in [0.25, 0.3) is 0 Å². The molecule has 5 aliphatic heterocycles. The van der Waals surface area contributed by atoms with Crippen LogP contribution in [-0.4, -0.2) is 155 Å². The van der Waals surface area contributed by atoms with Crippen LogP contribution in [-0.2, 0) is 99.9 Å². The molecule has 13 fully saturated rings. The van der Waals surface area contributed by atoms with Crippen molar-refractivity contribution in [3.63, 3.8) is 0 Å². The van der Waals surface area contributed by atoms with Gasteiger partial charge in [0.1, 0.15) is 0 Å². The van der Waals surface area contributed by atoms with E-state index in [9.17, 15) is 62.5 Å². The van der Waals surface area contributed by atoms with E-state index in [-0.39, 0.29) is 124 Å². The van der Waals surface area contributed by atoms with Gasteiger partial charge in [0.2, 0.25) is 23.6 Å². The molecular weight excluding hydrogens is 1790 g/mol. The largest absolute Gasteiger partial charge is 0.481 e. The number of halogens is 6. The fraction of sp³-hybridized carbons (Fsp3) is 0.633. The fourth-order valence-corrected chi connectivity index (χ4v) is 26.1. The summed E-state index contributed by atoms with van der Waals surface area (Å²) in [5, 5.41) is 40.5. The number of aryl methyl sites for hydroxylation is 4. The summed E-state index contributed by atoms with van der Waals surface area (Å²) in [6.45, 7) is 33.6. The summed E-state index contributed by atoms with van der Waals surface area (Å²) >= 11 is 27.0. The SMILES string of the molecule is CC(C)(C)CCc1ccc([C@@]23CCC(F)(F)CC2=CN(C24CC(C(=O)O)(C2)C4)C(=O)C3)cc1Cl.CC1C2=CN(C34CC(C(=O)O)(C3)C4)C(=O)C[C@]2(c2ccc(CCC(C)(C)C)c(Cl)c2)COC1(C)C.COC1CC[C@@]2(c3ccc(CCC(C)(C)C)c(Cl)c3)CC(=O)N(C34CC(C(=O)O)(C3)C4)C=C2C1.COC1CC[C@@]2(c3ccc(CCC(C)(C)C)c(Cl)c3)CC(=O)N(CCC(=O)O)C=C2C1. The summed E-state index contributed by atoms with van der Waals surface area (Å²) in [6, 6.07) is 24.8. The highest BCUT2D eigenvalue weighted by Crippen LogP contribution is 2.74. The number of aliphatic carboxylic acids is 4. The molecule has 12 aliphatic carbocycles. The molecule has 21 rings (SSSR count). The van der Waals surface area contributed by atoms with Crippen LogP contribution in [0.15, 0.2) is 120 Å². The van der Waals surface area contributed by atoms with Gasteiger partial charge in [-0.15, -0.1) is 0 Å². The van der Waals surface area contributed by atoms with Crippen molar-refractivity contribution >= 4 is 93.9 Å². The molecule has 0 spiro atoms. The molecule has 3 unspecified atom stereocenters. The van der Waals surface area contributed by atoms with Crippen molar-refractivity contribution in [2.24, 2.45) is 43.8 Å². The number of carbonyl (C=O) groups excluding carboxylic acids is 4. The van der Waals surface area contributed by atoms with E-state index in [0.717, 1.165) is 155 Å². The number of hydrogen-bond donors (Lipinski definition) is 4. The van der Waals surface area contributed by atoms with Gasteiger partial charge in [0, 0.05) is 126 Å². The Labute approximate surface area is 810 Å². The van der Waals surface area contributed by atoms with Crippen LogP contribution >= 0.6 is 46.4 Å². The molecule has 4 amide bonds. The van der Waals surface area contributed by atoms with E-state index in [1.807, 2.05) is 46.3 Å². The lowest BCUT2D eigenvalue weighted by molar-refractivity contribution is -0.225. The molecule has 7 atom stereocenters. The molecule has 0 aromatic heterocycles. The normalized spacial score (nSPS) is 32.2. The van der Waals surface area contributed by atoms with Crippen LogP contribution in [0, 0.1) is 43.8 Å². The average Bonchev–Trinajstić information content (AvgIpc) is 0.694. The number of allylic oxidation sites excluding steroid dienone is 1. The standard InChI is InChI=1S/C29H38ClNO4.C28H36ClNO4.C27H32ClF2NO3.C25H34ClNO4/c1-18-21-13-31(28-14-27(15-28,16-28)24(33)34)23(32)12-29(21,17-35-26(18,5)6)20-8-7-19(22(30)11-20)9-10-25(2,3)4;1-25(2,3)9-7-18-5-6-19(12-22(18)29)28-10-8-21(34-4)11-20(28)14-30(23(31)13-28)27-15-26(16-27,17-27)24(32)33;1-23(2,3)7-6-17-4-5-18(10-20(17)28)26-8-9-27(29,30)11-19(26)13-31(21(32)12-26)25-14-24(15-25,16-25)22(33)34;1-24(2,3)10-7-17-5-6-18(14-21(17)26)25-11-8-20(31-4)13-19(25)16-27(22(28)15-25)12-9-23(29)30/h7-8,11,13,18H,9-10,12,14-17H2,1-6H3,(H,33,34);5-6,12,14,21H,7-11,13,15-17H2,1-4H3,(H,32,33);4-5,10,13H,6-9,11-12,14-16H2,1-3H3,(H,33,34);5-6,14,16,20H,7-13,15H2,1-4H3,(H,29,30)/t18?,27?,28?,29-;21?,26?,27?,28-;24?,25?,26-;20?,25-/m1000/s1. The van der Waals surface area contributed by atoms with Crippen LogP contribution < -0.4 is 0 Å². The monoisotopic (exact) mass is 1920 g/mol. The number of ether oxygens (including phenoxy) is 3. The van der Waals surface area contributed by atoms with Gasteiger partial charge < -0.3 is 54.2 Å². The van der Waals surface area contributed by atoms with Crippen molar-refractivity contribution in [1.82, 2.24) is 19.6 Å². The van der Waals surface area contributed by atoms with Gasteiger partial charge in [-0.25, -0.2) is 8.78 Å². The third kappa shape index (κ3) is 19.0. The van der Waals surface area contributed by atoms with Gasteiger partial charge in [-0.3, -0.25) is 38.4 Å². The van der Waals surface area contributed by atoms with Gasteiger partial charge in [0.15, 0.2) is 0 Å². The second-order valence-corrected chi connectivity index (χ2v) is 50.1. The molecule has 4 aromatic rings. The Morgan fingerprint density at radius 2 is 0.746 bits per heavy atom. The number of methoxy groups -OCH3 is 2. The van der Waals surface area contributed by atoms with E-state index in [2.05, 4.69) is 159 Å². The van der Waals surface area contributed by atoms with Gasteiger partial charge in [0.25, 0.3) is 5.92 Å². The van der Waals surface area contributed by atoms with E-state index < -0.39 is 67.8 Å². The maximum absolute atomic E-state index is 14.6. The van der Waals surface area contributed by atoms with Gasteiger partial charge in [-0.2, -0.15) is 0 Å². The Balaban J connectivity index is 0.000000136. The third-order valence-corrected chi connectivity index (χ3v) is 35.3. The molecule has 4 aromatic carbocycles. The number of carbonyl (C=O) groups is 8. The Hall–Kier alpha value is -7.50. The van der Waals surface area contributed by atoms with Crippen molar-refractivity contribution in [2.45, 2.75) is 365 Å². The molecule has 12 saturated carbocycles. The lowest BCUT2D eigenvalue weighted by Gasteiger charge is -2.71. The lowest BCUT2D eigenvalue weighted by atomic mass is 9.38. The Bertz CT molecular complexity index is 5450. The molecule has 25 heteroatoms. The molecular formula is C109H140Cl4F2N4O15. The Kier molecular flexibility index (Phi) is 26.9. The molecule has 5 heterocycles. The van der Waals surface area contributed by atoms with Gasteiger partial charge in [0.05, 0.1) is 69.1 Å². The molecule has 4 N–H and O–H groups in total. The predicted octanol–water partition coefficient (Wildman–Crippen LogP) is 23.8. The number of hydrogen-bond acceptors (Lipinski definition) is 11. The van der Waals surface area contributed by atoms with Gasteiger partial charge in [-0.05, 0) is 281 Å². The maximum Gasteiger partial charge on any atom is 0.309 e. The van der Waals surface area contributed by atoms with Crippen LogP contribution in [0.2, 0.25) is 20.1 Å². The first-order valence-electron chi connectivity index (χ1n) is 48.6. The second kappa shape index (κ2) is 35.7. The zero-order chi connectivity index (χ0) is 97.7. The minimum atomic E-state index is -2.82. The van der Waals surface area contributed by atoms with Crippen molar-refractivity contribution in [3.8, 4) is 0 Å². The number of amides is 4. The third-order valence-electron chi connectivity index (χ3n) is 33.9. The lowest BCUT2D eigenvalue weighted by Crippen LogP contribution is -2.77. The second-order valence-electron chi connectivity index (χ2n) is 48.4. The first-order valence-corrected chi connectivity index (χ1v) is 50.1. The number of fused-ring (bicyclic) bond motifs is 4. The molecule has 17 aliphatic rings. The van der Waals surface area contributed by atoms with Gasteiger partial charge >= 0.3 is 23.9 Å². The van der Waals surface area contributed by atoms with Crippen LogP contribution in [0.1, 0.15) is 322 Å². The molecule has 19 nitrogen and oxygen atoms in total.